The Balaban J connectivity index is 2.10. The number of aromatic nitrogens is 2. The molecule has 0 aliphatic heterocycles. The van der Waals surface area contributed by atoms with Gasteiger partial charge < -0.3 is 10.1 Å². The number of benzene rings is 1. The first kappa shape index (κ1) is 14.5. The van der Waals surface area contributed by atoms with Gasteiger partial charge in [0.15, 0.2) is 0 Å². The maximum atomic E-state index is 5.87. The van der Waals surface area contributed by atoms with E-state index >= 15 is 0 Å². The van der Waals surface area contributed by atoms with Crippen LogP contribution in [-0.4, -0.2) is 16.9 Å². The first-order valence-corrected chi connectivity index (χ1v) is 6.83. The summed E-state index contributed by atoms with van der Waals surface area (Å²) >= 11 is 0. The lowest BCUT2D eigenvalue weighted by Gasteiger charge is -2.13. The van der Waals surface area contributed by atoms with Crippen LogP contribution in [-0.2, 0) is 13.2 Å². The molecule has 20 heavy (non-hydrogen) atoms. The van der Waals surface area contributed by atoms with Crippen molar-refractivity contribution in [3.63, 3.8) is 0 Å². The van der Waals surface area contributed by atoms with Gasteiger partial charge in [0.05, 0.1) is 0 Å². The number of aryl methyl sites for hydroxylation is 3. The van der Waals surface area contributed by atoms with Crippen molar-refractivity contribution in [3.05, 3.63) is 40.2 Å². The van der Waals surface area contributed by atoms with Crippen LogP contribution in [0.4, 0.5) is 0 Å². The summed E-state index contributed by atoms with van der Waals surface area (Å²) in [5, 5.41) is 10.9. The van der Waals surface area contributed by atoms with Crippen molar-refractivity contribution in [1.82, 2.24) is 15.6 Å². The predicted molar refractivity (Wildman–Crippen MR) is 76.7 cm³/mol. The highest BCUT2D eigenvalue weighted by Crippen LogP contribution is 2.25. The number of rotatable bonds is 6. The second kappa shape index (κ2) is 6.52. The van der Waals surface area contributed by atoms with Crippen LogP contribution >= 0.6 is 0 Å². The highest BCUT2D eigenvalue weighted by molar-refractivity contribution is 5.43. The highest BCUT2D eigenvalue weighted by atomic mass is 16.6. The van der Waals surface area contributed by atoms with E-state index in [-0.39, 0.29) is 0 Å². The van der Waals surface area contributed by atoms with Gasteiger partial charge >= 0.3 is 0 Å². The van der Waals surface area contributed by atoms with Crippen molar-refractivity contribution < 1.29 is 9.37 Å². The zero-order valence-corrected chi connectivity index (χ0v) is 12.5. The fourth-order valence-corrected chi connectivity index (χ4v) is 2.16. The molecule has 1 aromatic heterocycles. The summed E-state index contributed by atoms with van der Waals surface area (Å²) in [6, 6.07) is 4.30. The Kier molecular flexibility index (Phi) is 4.74. The summed E-state index contributed by atoms with van der Waals surface area (Å²) in [5.41, 5.74) is 5.04. The molecule has 108 valence electrons. The second-order valence-corrected chi connectivity index (χ2v) is 4.92. The maximum absolute atomic E-state index is 5.87. The van der Waals surface area contributed by atoms with Crippen molar-refractivity contribution in [2.45, 2.75) is 40.8 Å². The van der Waals surface area contributed by atoms with E-state index in [0.717, 1.165) is 41.4 Å². The molecule has 0 atom stereocenters. The average molecular weight is 275 g/mol. The molecular formula is C15H21N3O2. The molecule has 2 rings (SSSR count). The van der Waals surface area contributed by atoms with Gasteiger partial charge in [0, 0.05) is 6.54 Å². The van der Waals surface area contributed by atoms with Gasteiger partial charge in [-0.25, -0.2) is 4.63 Å². The molecule has 2 aromatic rings. The Labute approximate surface area is 119 Å². The predicted octanol–water partition coefficient (Wildman–Crippen LogP) is 2.68. The van der Waals surface area contributed by atoms with Gasteiger partial charge in [-0.15, -0.1) is 0 Å². The molecule has 0 amide bonds. The van der Waals surface area contributed by atoms with Gasteiger partial charge in [-0.2, -0.15) is 0 Å². The van der Waals surface area contributed by atoms with Crippen LogP contribution in [0.5, 0.6) is 5.75 Å². The largest absolute Gasteiger partial charge is 0.487 e. The van der Waals surface area contributed by atoms with E-state index in [2.05, 4.69) is 53.2 Å². The summed E-state index contributed by atoms with van der Waals surface area (Å²) < 4.78 is 10.5. The minimum atomic E-state index is 0.379. The highest BCUT2D eigenvalue weighted by Gasteiger charge is 2.10. The summed E-state index contributed by atoms with van der Waals surface area (Å²) in [7, 11) is 0. The van der Waals surface area contributed by atoms with Crippen LogP contribution in [0, 0.1) is 20.8 Å². The summed E-state index contributed by atoms with van der Waals surface area (Å²) in [4.78, 5) is 0. The molecule has 0 fully saturated rings. The number of hydrogen-bond acceptors (Lipinski definition) is 5. The smallest absolute Gasteiger partial charge is 0.145 e. The zero-order valence-electron chi connectivity index (χ0n) is 12.5. The minimum Gasteiger partial charge on any atom is -0.487 e. The Morgan fingerprint density at radius 3 is 2.40 bits per heavy atom. The van der Waals surface area contributed by atoms with E-state index in [4.69, 9.17) is 4.74 Å². The molecule has 0 saturated carbocycles. The molecule has 1 N–H and O–H groups in total. The van der Waals surface area contributed by atoms with E-state index in [0.29, 0.717) is 6.61 Å². The van der Waals surface area contributed by atoms with Crippen molar-refractivity contribution >= 4 is 0 Å². The van der Waals surface area contributed by atoms with Crippen LogP contribution in [0.1, 0.15) is 35.0 Å². The minimum absolute atomic E-state index is 0.379. The number of ether oxygens (including phenoxy) is 1. The van der Waals surface area contributed by atoms with E-state index < -0.39 is 0 Å². The maximum Gasteiger partial charge on any atom is 0.145 e. The molecule has 1 heterocycles. The van der Waals surface area contributed by atoms with Gasteiger partial charge in [-0.1, -0.05) is 29.4 Å². The third-order valence-corrected chi connectivity index (χ3v) is 3.20. The fourth-order valence-electron chi connectivity index (χ4n) is 2.16. The molecular weight excluding hydrogens is 254 g/mol. The molecule has 1 aromatic carbocycles. The lowest BCUT2D eigenvalue weighted by atomic mass is 10.1. The Bertz CT molecular complexity index is 555. The molecule has 0 saturated heterocycles. The molecule has 0 spiro atoms. The Morgan fingerprint density at radius 1 is 1.15 bits per heavy atom. The summed E-state index contributed by atoms with van der Waals surface area (Å²) in [6.45, 7) is 10.3. The quantitative estimate of drug-likeness (QED) is 0.878. The molecule has 0 radical (unpaired) electrons. The SMILES string of the molecule is CCNCc1cc(C)c(OCc2nonc2C)c(C)c1. The van der Waals surface area contributed by atoms with E-state index in [1.807, 2.05) is 6.92 Å². The third kappa shape index (κ3) is 3.36. The molecule has 0 aliphatic carbocycles. The van der Waals surface area contributed by atoms with Crippen molar-refractivity contribution in [3.8, 4) is 5.75 Å². The van der Waals surface area contributed by atoms with Gasteiger partial charge in [0.2, 0.25) is 0 Å². The van der Waals surface area contributed by atoms with Gasteiger partial charge in [-0.05, 0) is 44.0 Å². The molecule has 5 nitrogen and oxygen atoms in total. The van der Waals surface area contributed by atoms with E-state index in [1.54, 1.807) is 0 Å². The number of nitrogens with zero attached hydrogens (tertiary/aromatic N) is 2. The second-order valence-electron chi connectivity index (χ2n) is 4.92. The fraction of sp³-hybridized carbons (Fsp3) is 0.467. The molecule has 0 aliphatic rings. The van der Waals surface area contributed by atoms with Gasteiger partial charge in [-0.3, -0.25) is 0 Å². The van der Waals surface area contributed by atoms with Crippen LogP contribution in [0.15, 0.2) is 16.8 Å². The topological polar surface area (TPSA) is 60.2 Å². The summed E-state index contributed by atoms with van der Waals surface area (Å²) in [6.07, 6.45) is 0. The standard InChI is InChI=1S/C15H21N3O2/c1-5-16-8-13-6-10(2)15(11(3)7-13)19-9-14-12(4)17-20-18-14/h6-7,16H,5,8-9H2,1-4H3. The van der Waals surface area contributed by atoms with Crippen molar-refractivity contribution in [1.29, 1.82) is 0 Å². The Hall–Kier alpha value is -1.88. The van der Waals surface area contributed by atoms with Gasteiger partial charge in [0.25, 0.3) is 0 Å². The molecule has 0 bridgehead atoms. The zero-order chi connectivity index (χ0) is 14.5. The van der Waals surface area contributed by atoms with Crippen LogP contribution in [0.25, 0.3) is 0 Å². The first-order valence-electron chi connectivity index (χ1n) is 6.83. The van der Waals surface area contributed by atoms with E-state index in [9.17, 15) is 0 Å². The van der Waals surface area contributed by atoms with Crippen LogP contribution < -0.4 is 10.1 Å². The van der Waals surface area contributed by atoms with Gasteiger partial charge in [0.1, 0.15) is 23.7 Å². The Morgan fingerprint density at radius 2 is 1.85 bits per heavy atom. The third-order valence-electron chi connectivity index (χ3n) is 3.20. The average Bonchev–Trinajstić information content (AvgIpc) is 2.81. The number of nitrogens with one attached hydrogen (secondary N) is 1. The van der Waals surface area contributed by atoms with Crippen molar-refractivity contribution in [2.24, 2.45) is 0 Å². The van der Waals surface area contributed by atoms with Crippen LogP contribution in [0.3, 0.4) is 0 Å². The normalized spacial score (nSPS) is 10.8. The first-order chi connectivity index (χ1) is 9.61. The lowest BCUT2D eigenvalue weighted by molar-refractivity contribution is 0.268. The molecule has 5 heteroatoms. The van der Waals surface area contributed by atoms with E-state index in [1.165, 1.54) is 5.56 Å². The monoisotopic (exact) mass is 275 g/mol. The van der Waals surface area contributed by atoms with Crippen molar-refractivity contribution in [2.75, 3.05) is 6.54 Å². The summed E-state index contributed by atoms with van der Waals surface area (Å²) in [5.74, 6) is 0.910. The lowest BCUT2D eigenvalue weighted by Crippen LogP contribution is -2.12. The van der Waals surface area contributed by atoms with Crippen LogP contribution in [0.2, 0.25) is 0 Å². The number of hydrogen-bond donors (Lipinski definition) is 1. The molecule has 0 unspecified atom stereocenters.